The summed E-state index contributed by atoms with van der Waals surface area (Å²) in [6.45, 7) is 4.83. The van der Waals surface area contributed by atoms with Crippen molar-refractivity contribution in [3.63, 3.8) is 0 Å². The fourth-order valence-corrected chi connectivity index (χ4v) is 2.29. The molecule has 0 radical (unpaired) electrons. The maximum atomic E-state index is 6.12. The maximum absolute atomic E-state index is 6.12. The molecule has 0 saturated carbocycles. The van der Waals surface area contributed by atoms with Crippen molar-refractivity contribution in [1.29, 1.82) is 0 Å². The smallest absolute Gasteiger partial charge is 0.173 e. The van der Waals surface area contributed by atoms with Gasteiger partial charge in [-0.1, -0.05) is 47.5 Å². The molecule has 0 atom stereocenters. The number of rotatable bonds is 3. The number of benzene rings is 2. The summed E-state index contributed by atoms with van der Waals surface area (Å²) in [6, 6.07) is 14.3. The first kappa shape index (κ1) is 15.8. The predicted molar refractivity (Wildman–Crippen MR) is 95.1 cm³/mol. The van der Waals surface area contributed by atoms with E-state index in [-0.39, 0.29) is 0 Å². The molecule has 0 spiro atoms. The molecule has 0 amide bonds. The van der Waals surface area contributed by atoms with Gasteiger partial charge >= 0.3 is 0 Å². The van der Waals surface area contributed by atoms with E-state index in [1.807, 2.05) is 37.1 Å². The van der Waals surface area contributed by atoms with Crippen LogP contribution in [0.25, 0.3) is 0 Å². The van der Waals surface area contributed by atoms with Crippen LogP contribution < -0.4 is 5.32 Å². The second-order valence-corrected chi connectivity index (χ2v) is 6.03. The molecule has 0 heterocycles. The Balaban J connectivity index is 1.98. The van der Waals surface area contributed by atoms with Gasteiger partial charge in [0.15, 0.2) is 5.11 Å². The first-order chi connectivity index (χ1) is 9.95. The Morgan fingerprint density at radius 1 is 1.14 bits per heavy atom. The number of hydrogen-bond donors (Lipinski definition) is 1. The molecule has 110 valence electrons. The Morgan fingerprint density at radius 2 is 1.81 bits per heavy atom. The van der Waals surface area contributed by atoms with Crippen molar-refractivity contribution in [2.24, 2.45) is 0 Å². The zero-order chi connectivity index (χ0) is 15.4. The first-order valence-electron chi connectivity index (χ1n) is 6.79. The molecule has 2 rings (SSSR count). The van der Waals surface area contributed by atoms with Crippen molar-refractivity contribution in [1.82, 2.24) is 4.90 Å². The highest BCUT2D eigenvalue weighted by molar-refractivity contribution is 7.80. The van der Waals surface area contributed by atoms with Gasteiger partial charge in [0.2, 0.25) is 0 Å². The Hall–Kier alpha value is -1.58. The summed E-state index contributed by atoms with van der Waals surface area (Å²) < 4.78 is 0. The molecule has 0 aliphatic heterocycles. The van der Waals surface area contributed by atoms with E-state index in [4.69, 9.17) is 23.8 Å². The standard InChI is InChI=1S/C17H19ClN2S/c1-12-4-7-14(8-5-12)11-20(3)17(21)19-15-9-6-13(2)16(18)10-15/h4-10H,11H2,1-3H3,(H,19,21). The second-order valence-electron chi connectivity index (χ2n) is 5.24. The highest BCUT2D eigenvalue weighted by Gasteiger charge is 2.06. The number of halogens is 1. The number of anilines is 1. The minimum Gasteiger partial charge on any atom is -0.348 e. The van der Waals surface area contributed by atoms with Gasteiger partial charge in [0.1, 0.15) is 0 Å². The molecule has 0 saturated heterocycles. The summed E-state index contributed by atoms with van der Waals surface area (Å²) in [5.74, 6) is 0. The van der Waals surface area contributed by atoms with E-state index in [0.717, 1.165) is 22.8 Å². The normalized spacial score (nSPS) is 10.3. The molecule has 0 aliphatic carbocycles. The minimum atomic E-state index is 0.676. The Labute approximate surface area is 136 Å². The van der Waals surface area contributed by atoms with Crippen molar-refractivity contribution in [2.75, 3.05) is 12.4 Å². The molecule has 0 aliphatic rings. The van der Waals surface area contributed by atoms with E-state index in [1.165, 1.54) is 11.1 Å². The molecule has 2 nitrogen and oxygen atoms in total. The lowest BCUT2D eigenvalue weighted by Gasteiger charge is -2.21. The van der Waals surface area contributed by atoms with Crippen LogP contribution in [0.1, 0.15) is 16.7 Å². The average molecular weight is 319 g/mol. The van der Waals surface area contributed by atoms with Gasteiger partial charge in [0.25, 0.3) is 0 Å². The van der Waals surface area contributed by atoms with Gasteiger partial charge in [-0.15, -0.1) is 0 Å². The number of thiocarbonyl (C=S) groups is 1. The lowest BCUT2D eigenvalue weighted by atomic mass is 10.1. The monoisotopic (exact) mass is 318 g/mol. The third kappa shape index (κ3) is 4.45. The number of hydrogen-bond acceptors (Lipinski definition) is 1. The molecule has 1 N–H and O–H groups in total. The highest BCUT2D eigenvalue weighted by Crippen LogP contribution is 2.20. The summed E-state index contributed by atoms with van der Waals surface area (Å²) >= 11 is 11.6. The largest absolute Gasteiger partial charge is 0.348 e. The van der Waals surface area contributed by atoms with E-state index in [0.29, 0.717) is 5.11 Å². The van der Waals surface area contributed by atoms with Crippen LogP contribution in [-0.2, 0) is 6.54 Å². The van der Waals surface area contributed by atoms with Crippen LogP contribution in [-0.4, -0.2) is 17.1 Å². The van der Waals surface area contributed by atoms with E-state index in [2.05, 4.69) is 36.5 Å². The molecule has 0 unspecified atom stereocenters. The molecule has 0 bridgehead atoms. The summed E-state index contributed by atoms with van der Waals surface area (Å²) in [5, 5.41) is 4.63. The molecular formula is C17H19ClN2S. The van der Waals surface area contributed by atoms with Gasteiger partial charge in [-0.05, 0) is 49.3 Å². The van der Waals surface area contributed by atoms with Crippen molar-refractivity contribution < 1.29 is 0 Å². The van der Waals surface area contributed by atoms with Crippen molar-refractivity contribution >= 4 is 34.6 Å². The number of aryl methyl sites for hydroxylation is 2. The Bertz CT molecular complexity index is 638. The van der Waals surface area contributed by atoms with Crippen LogP contribution in [0.5, 0.6) is 0 Å². The molecular weight excluding hydrogens is 300 g/mol. The first-order valence-corrected chi connectivity index (χ1v) is 7.58. The quantitative estimate of drug-likeness (QED) is 0.819. The fraction of sp³-hybridized carbons (Fsp3) is 0.235. The Kier molecular flexibility index (Phi) is 5.21. The van der Waals surface area contributed by atoms with Crippen molar-refractivity contribution in [2.45, 2.75) is 20.4 Å². The SMILES string of the molecule is Cc1ccc(CN(C)C(=S)Nc2ccc(C)c(Cl)c2)cc1. The molecule has 21 heavy (non-hydrogen) atoms. The average Bonchev–Trinajstić information content (AvgIpc) is 2.45. The van der Waals surface area contributed by atoms with Crippen LogP contribution in [0.3, 0.4) is 0 Å². The predicted octanol–water partition coefficient (Wildman–Crippen LogP) is 4.79. The summed E-state index contributed by atoms with van der Waals surface area (Å²) in [7, 11) is 1.98. The van der Waals surface area contributed by atoms with Crippen LogP contribution in [0.2, 0.25) is 5.02 Å². The molecule has 2 aromatic rings. The van der Waals surface area contributed by atoms with Gasteiger partial charge in [-0.3, -0.25) is 0 Å². The van der Waals surface area contributed by atoms with Crippen LogP contribution >= 0.6 is 23.8 Å². The van der Waals surface area contributed by atoms with Gasteiger partial charge in [-0.2, -0.15) is 0 Å². The minimum absolute atomic E-state index is 0.676. The van der Waals surface area contributed by atoms with Gasteiger partial charge < -0.3 is 10.2 Å². The lowest BCUT2D eigenvalue weighted by molar-refractivity contribution is 0.508. The molecule has 4 heteroatoms. The van der Waals surface area contributed by atoms with Crippen LogP contribution in [0, 0.1) is 13.8 Å². The summed E-state index contributed by atoms with van der Waals surface area (Å²) in [4.78, 5) is 2.01. The van der Waals surface area contributed by atoms with Crippen LogP contribution in [0.4, 0.5) is 5.69 Å². The van der Waals surface area contributed by atoms with E-state index < -0.39 is 0 Å². The van der Waals surface area contributed by atoms with Crippen molar-refractivity contribution in [3.05, 3.63) is 64.2 Å². The number of nitrogens with zero attached hydrogens (tertiary/aromatic N) is 1. The van der Waals surface area contributed by atoms with E-state index in [1.54, 1.807) is 0 Å². The summed E-state index contributed by atoms with van der Waals surface area (Å²) in [6.07, 6.45) is 0. The maximum Gasteiger partial charge on any atom is 0.173 e. The van der Waals surface area contributed by atoms with Gasteiger partial charge in [0, 0.05) is 24.3 Å². The highest BCUT2D eigenvalue weighted by atomic mass is 35.5. The molecule has 0 aromatic heterocycles. The Morgan fingerprint density at radius 3 is 2.43 bits per heavy atom. The van der Waals surface area contributed by atoms with Crippen molar-refractivity contribution in [3.8, 4) is 0 Å². The third-order valence-corrected chi connectivity index (χ3v) is 4.13. The van der Waals surface area contributed by atoms with Gasteiger partial charge in [0.05, 0.1) is 0 Å². The summed E-state index contributed by atoms with van der Waals surface area (Å²) in [5.41, 5.74) is 4.46. The van der Waals surface area contributed by atoms with Gasteiger partial charge in [-0.25, -0.2) is 0 Å². The van der Waals surface area contributed by atoms with Crippen LogP contribution in [0.15, 0.2) is 42.5 Å². The van der Waals surface area contributed by atoms with E-state index in [9.17, 15) is 0 Å². The second kappa shape index (κ2) is 6.92. The topological polar surface area (TPSA) is 15.3 Å². The molecule has 0 fully saturated rings. The fourth-order valence-electron chi connectivity index (χ4n) is 1.93. The lowest BCUT2D eigenvalue weighted by Crippen LogP contribution is -2.30. The molecule has 2 aromatic carbocycles. The number of nitrogens with one attached hydrogen (secondary N) is 1. The zero-order valence-electron chi connectivity index (χ0n) is 12.5. The zero-order valence-corrected chi connectivity index (χ0v) is 14.1. The third-order valence-electron chi connectivity index (χ3n) is 3.31. The van der Waals surface area contributed by atoms with E-state index >= 15 is 0 Å².